The second kappa shape index (κ2) is 4.92. The van der Waals surface area contributed by atoms with Crippen LogP contribution in [0.2, 0.25) is 0 Å². The monoisotopic (exact) mass is 244 g/mol. The van der Waals surface area contributed by atoms with Crippen molar-refractivity contribution < 1.29 is 9.84 Å². The Morgan fingerprint density at radius 3 is 3.17 bits per heavy atom. The van der Waals surface area contributed by atoms with E-state index in [-0.39, 0.29) is 11.9 Å². The van der Waals surface area contributed by atoms with Crippen LogP contribution in [0.3, 0.4) is 0 Å². The van der Waals surface area contributed by atoms with Crippen molar-refractivity contribution >= 4 is 10.9 Å². The number of ether oxygens (including phenoxy) is 1. The second-order valence-corrected chi connectivity index (χ2v) is 4.50. The SMILES string of the molecule is Oc1ccc2c(C3CCNCCO3)ccnc2c1. The fourth-order valence-corrected chi connectivity index (χ4v) is 2.40. The highest BCUT2D eigenvalue weighted by Crippen LogP contribution is 2.29. The molecule has 4 heteroatoms. The van der Waals surface area contributed by atoms with Crippen LogP contribution in [0.1, 0.15) is 18.1 Å². The minimum atomic E-state index is 0.107. The quantitative estimate of drug-likeness (QED) is 0.805. The summed E-state index contributed by atoms with van der Waals surface area (Å²) in [4.78, 5) is 4.29. The average molecular weight is 244 g/mol. The van der Waals surface area contributed by atoms with Crippen LogP contribution in [0.5, 0.6) is 5.75 Å². The van der Waals surface area contributed by atoms with Crippen molar-refractivity contribution in [3.63, 3.8) is 0 Å². The van der Waals surface area contributed by atoms with Gasteiger partial charge in [0.2, 0.25) is 0 Å². The molecule has 18 heavy (non-hydrogen) atoms. The maximum atomic E-state index is 9.50. The summed E-state index contributed by atoms with van der Waals surface area (Å²) in [6, 6.07) is 7.31. The molecule has 1 unspecified atom stereocenters. The lowest BCUT2D eigenvalue weighted by atomic mass is 10.0. The predicted molar refractivity (Wildman–Crippen MR) is 69.6 cm³/mol. The number of aromatic hydroxyl groups is 1. The molecule has 2 heterocycles. The van der Waals surface area contributed by atoms with E-state index in [1.165, 1.54) is 0 Å². The van der Waals surface area contributed by atoms with Gasteiger partial charge in [-0.2, -0.15) is 0 Å². The number of aromatic nitrogens is 1. The van der Waals surface area contributed by atoms with E-state index in [0.29, 0.717) is 0 Å². The third-order valence-electron chi connectivity index (χ3n) is 3.29. The van der Waals surface area contributed by atoms with Gasteiger partial charge in [0.1, 0.15) is 5.75 Å². The number of pyridine rings is 1. The molecule has 0 bridgehead atoms. The topological polar surface area (TPSA) is 54.4 Å². The third kappa shape index (κ3) is 2.17. The highest BCUT2D eigenvalue weighted by molar-refractivity contribution is 5.83. The van der Waals surface area contributed by atoms with Crippen LogP contribution in [0.15, 0.2) is 30.5 Å². The fourth-order valence-electron chi connectivity index (χ4n) is 2.40. The Labute approximate surface area is 106 Å². The summed E-state index contributed by atoms with van der Waals surface area (Å²) in [6.07, 6.45) is 2.84. The van der Waals surface area contributed by atoms with Crippen LogP contribution >= 0.6 is 0 Å². The zero-order chi connectivity index (χ0) is 12.4. The van der Waals surface area contributed by atoms with Crippen molar-refractivity contribution in [3.8, 4) is 5.75 Å². The van der Waals surface area contributed by atoms with Crippen molar-refractivity contribution in [3.05, 3.63) is 36.0 Å². The van der Waals surface area contributed by atoms with Gasteiger partial charge in [0, 0.05) is 24.2 Å². The Hall–Kier alpha value is -1.65. The summed E-state index contributed by atoms with van der Waals surface area (Å²) in [5, 5.41) is 13.9. The van der Waals surface area contributed by atoms with E-state index in [9.17, 15) is 5.11 Å². The lowest BCUT2D eigenvalue weighted by Crippen LogP contribution is -2.16. The summed E-state index contributed by atoms with van der Waals surface area (Å²) >= 11 is 0. The highest BCUT2D eigenvalue weighted by Gasteiger charge is 2.17. The van der Waals surface area contributed by atoms with Gasteiger partial charge in [-0.25, -0.2) is 0 Å². The first-order chi connectivity index (χ1) is 8.84. The first kappa shape index (κ1) is 11.4. The van der Waals surface area contributed by atoms with Crippen LogP contribution in [-0.4, -0.2) is 29.8 Å². The normalized spacial score (nSPS) is 20.8. The Kier molecular flexibility index (Phi) is 3.13. The zero-order valence-corrected chi connectivity index (χ0v) is 10.1. The molecule has 2 aromatic rings. The van der Waals surface area contributed by atoms with Crippen LogP contribution in [0.25, 0.3) is 10.9 Å². The molecule has 1 saturated heterocycles. The number of hydrogen-bond acceptors (Lipinski definition) is 4. The highest BCUT2D eigenvalue weighted by atomic mass is 16.5. The summed E-state index contributed by atoms with van der Waals surface area (Å²) in [7, 11) is 0. The van der Waals surface area contributed by atoms with Crippen LogP contribution in [0, 0.1) is 0 Å². The Morgan fingerprint density at radius 2 is 2.22 bits per heavy atom. The summed E-state index contributed by atoms with van der Waals surface area (Å²) in [5.41, 5.74) is 1.97. The minimum Gasteiger partial charge on any atom is -0.508 e. The standard InChI is InChI=1S/C14H16N2O2/c17-10-1-2-11-12(3-6-16-13(11)9-10)14-4-5-15-7-8-18-14/h1-3,6,9,14-15,17H,4-5,7-8H2. The number of nitrogens with zero attached hydrogens (tertiary/aromatic N) is 1. The van der Waals surface area contributed by atoms with Gasteiger partial charge in [-0.3, -0.25) is 4.98 Å². The van der Waals surface area contributed by atoms with Crippen molar-refractivity contribution in [2.45, 2.75) is 12.5 Å². The molecule has 1 aromatic heterocycles. The van der Waals surface area contributed by atoms with Crippen molar-refractivity contribution in [1.82, 2.24) is 10.3 Å². The van der Waals surface area contributed by atoms with E-state index in [4.69, 9.17) is 4.74 Å². The van der Waals surface area contributed by atoms with Gasteiger partial charge in [0.15, 0.2) is 0 Å². The van der Waals surface area contributed by atoms with Crippen molar-refractivity contribution in [2.75, 3.05) is 19.7 Å². The first-order valence-electron chi connectivity index (χ1n) is 6.24. The van der Waals surface area contributed by atoms with E-state index in [0.717, 1.165) is 42.6 Å². The van der Waals surface area contributed by atoms with E-state index >= 15 is 0 Å². The summed E-state index contributed by atoms with van der Waals surface area (Å²) in [5.74, 6) is 0.246. The Bertz CT molecular complexity index is 548. The average Bonchev–Trinajstić information content (AvgIpc) is 2.66. The number of rotatable bonds is 1. The van der Waals surface area contributed by atoms with Gasteiger partial charge in [-0.15, -0.1) is 0 Å². The number of benzene rings is 1. The molecule has 0 radical (unpaired) electrons. The zero-order valence-electron chi connectivity index (χ0n) is 10.1. The summed E-state index contributed by atoms with van der Waals surface area (Å²) in [6.45, 7) is 2.60. The molecule has 0 amide bonds. The molecule has 1 fully saturated rings. The lowest BCUT2D eigenvalue weighted by molar-refractivity contribution is 0.0654. The molecule has 1 aliphatic heterocycles. The number of nitrogens with one attached hydrogen (secondary N) is 1. The molecule has 0 saturated carbocycles. The van der Waals surface area contributed by atoms with Crippen LogP contribution < -0.4 is 5.32 Å². The molecule has 0 aliphatic carbocycles. The number of phenols is 1. The molecular formula is C14H16N2O2. The molecular weight excluding hydrogens is 228 g/mol. The summed E-state index contributed by atoms with van der Waals surface area (Å²) < 4.78 is 5.87. The largest absolute Gasteiger partial charge is 0.508 e. The van der Waals surface area contributed by atoms with E-state index in [1.807, 2.05) is 12.1 Å². The fraction of sp³-hybridized carbons (Fsp3) is 0.357. The molecule has 1 aromatic carbocycles. The van der Waals surface area contributed by atoms with Crippen LogP contribution in [0.4, 0.5) is 0 Å². The Balaban J connectivity index is 2.04. The minimum absolute atomic E-state index is 0.107. The van der Waals surface area contributed by atoms with Gasteiger partial charge in [-0.05, 0) is 36.7 Å². The molecule has 1 atom stereocenters. The van der Waals surface area contributed by atoms with E-state index in [2.05, 4.69) is 10.3 Å². The third-order valence-corrected chi connectivity index (χ3v) is 3.29. The molecule has 3 rings (SSSR count). The number of phenolic OH excluding ortho intramolecular Hbond substituents is 1. The number of hydrogen-bond donors (Lipinski definition) is 2. The second-order valence-electron chi connectivity index (χ2n) is 4.50. The van der Waals surface area contributed by atoms with Gasteiger partial charge >= 0.3 is 0 Å². The van der Waals surface area contributed by atoms with Gasteiger partial charge in [-0.1, -0.05) is 0 Å². The molecule has 94 valence electrons. The lowest BCUT2D eigenvalue weighted by Gasteiger charge is -2.16. The molecule has 1 aliphatic rings. The molecule has 4 nitrogen and oxygen atoms in total. The van der Waals surface area contributed by atoms with Gasteiger partial charge in [0.25, 0.3) is 0 Å². The van der Waals surface area contributed by atoms with E-state index in [1.54, 1.807) is 18.3 Å². The maximum Gasteiger partial charge on any atom is 0.117 e. The van der Waals surface area contributed by atoms with E-state index < -0.39 is 0 Å². The number of fused-ring (bicyclic) bond motifs is 1. The molecule has 2 N–H and O–H groups in total. The maximum absolute atomic E-state index is 9.50. The smallest absolute Gasteiger partial charge is 0.117 e. The predicted octanol–water partition coefficient (Wildman–Crippen LogP) is 1.99. The van der Waals surface area contributed by atoms with Crippen molar-refractivity contribution in [2.24, 2.45) is 0 Å². The van der Waals surface area contributed by atoms with Crippen LogP contribution in [-0.2, 0) is 4.74 Å². The Morgan fingerprint density at radius 1 is 1.28 bits per heavy atom. The molecule has 0 spiro atoms. The van der Waals surface area contributed by atoms with Gasteiger partial charge < -0.3 is 15.2 Å². The van der Waals surface area contributed by atoms with Crippen molar-refractivity contribution in [1.29, 1.82) is 0 Å². The first-order valence-corrected chi connectivity index (χ1v) is 6.24. The van der Waals surface area contributed by atoms with Gasteiger partial charge in [0.05, 0.1) is 18.2 Å².